The molecule has 5 nitrogen and oxygen atoms in total. The summed E-state index contributed by atoms with van der Waals surface area (Å²) in [4.78, 5) is 12.9. The fraction of sp³-hybridized carbons (Fsp3) is 0.700. The van der Waals surface area contributed by atoms with E-state index in [1.54, 1.807) is 17.2 Å². The summed E-state index contributed by atoms with van der Waals surface area (Å²) in [6.07, 6.45) is 3.79. The Morgan fingerprint density at radius 2 is 2.00 bits per heavy atom. The summed E-state index contributed by atoms with van der Waals surface area (Å²) in [6.45, 7) is 6.61. The van der Waals surface area contributed by atoms with Gasteiger partial charge in [-0.3, -0.25) is 4.79 Å². The zero-order valence-electron chi connectivity index (χ0n) is 9.47. The average molecular weight is 210 g/mol. The van der Waals surface area contributed by atoms with Crippen LogP contribution in [0.3, 0.4) is 0 Å². The number of amides is 1. The van der Waals surface area contributed by atoms with Crippen LogP contribution in [0.4, 0.5) is 0 Å². The van der Waals surface area contributed by atoms with Crippen LogP contribution < -0.4 is 5.32 Å². The van der Waals surface area contributed by atoms with Gasteiger partial charge in [0.15, 0.2) is 0 Å². The lowest BCUT2D eigenvalue weighted by molar-refractivity contribution is -0.121. The van der Waals surface area contributed by atoms with E-state index in [0.29, 0.717) is 18.9 Å². The van der Waals surface area contributed by atoms with Crippen molar-refractivity contribution < 1.29 is 4.79 Å². The topological polar surface area (TPSA) is 59.8 Å². The van der Waals surface area contributed by atoms with E-state index < -0.39 is 0 Å². The Kier molecular flexibility index (Phi) is 4.27. The van der Waals surface area contributed by atoms with Crippen molar-refractivity contribution in [2.45, 2.75) is 39.8 Å². The molecular weight excluding hydrogens is 192 g/mol. The summed E-state index contributed by atoms with van der Waals surface area (Å²) in [5, 5.41) is 11.0. The van der Waals surface area contributed by atoms with Gasteiger partial charge in [-0.15, -0.1) is 0 Å². The second-order valence-corrected chi connectivity index (χ2v) is 3.86. The number of hydrogen-bond acceptors (Lipinski definition) is 3. The molecule has 0 aliphatic carbocycles. The minimum atomic E-state index is 0.0702. The monoisotopic (exact) mass is 210 g/mol. The van der Waals surface area contributed by atoms with E-state index in [1.807, 2.05) is 6.92 Å². The second-order valence-electron chi connectivity index (χ2n) is 3.86. The van der Waals surface area contributed by atoms with E-state index in [0.717, 1.165) is 0 Å². The maximum atomic E-state index is 11.3. The van der Waals surface area contributed by atoms with E-state index in [9.17, 15) is 4.79 Å². The van der Waals surface area contributed by atoms with Gasteiger partial charge in [-0.25, -0.2) is 0 Å². The molecule has 0 aliphatic rings. The molecule has 1 rings (SSSR count). The molecular formula is C10H18N4O. The first kappa shape index (κ1) is 11.7. The van der Waals surface area contributed by atoms with Crippen molar-refractivity contribution in [3.8, 4) is 0 Å². The van der Waals surface area contributed by atoms with Crippen LogP contribution in [-0.2, 0) is 11.3 Å². The van der Waals surface area contributed by atoms with E-state index in [1.165, 1.54) is 0 Å². The Hall–Kier alpha value is -1.39. The Morgan fingerprint density at radius 1 is 1.40 bits per heavy atom. The molecule has 1 atom stereocenters. The third kappa shape index (κ3) is 3.69. The van der Waals surface area contributed by atoms with Crippen LogP contribution in [0.15, 0.2) is 12.4 Å². The van der Waals surface area contributed by atoms with Gasteiger partial charge in [0.2, 0.25) is 5.91 Å². The predicted octanol–water partition coefficient (Wildman–Crippen LogP) is 0.829. The van der Waals surface area contributed by atoms with Crippen LogP contribution in [-0.4, -0.2) is 26.9 Å². The largest absolute Gasteiger partial charge is 0.351 e. The molecule has 1 unspecified atom stereocenters. The zero-order chi connectivity index (χ0) is 11.3. The molecule has 15 heavy (non-hydrogen) atoms. The highest BCUT2D eigenvalue weighted by atomic mass is 16.1. The molecule has 1 heterocycles. The lowest BCUT2D eigenvalue weighted by Crippen LogP contribution is -2.41. The molecule has 0 saturated carbocycles. The first-order valence-electron chi connectivity index (χ1n) is 5.27. The summed E-state index contributed by atoms with van der Waals surface area (Å²) in [5.74, 6) is 0.437. The minimum absolute atomic E-state index is 0.0702. The minimum Gasteiger partial charge on any atom is -0.351 e. The summed E-state index contributed by atoms with van der Waals surface area (Å²) in [6, 6.07) is 0.0878. The van der Waals surface area contributed by atoms with Gasteiger partial charge < -0.3 is 5.32 Å². The van der Waals surface area contributed by atoms with Gasteiger partial charge in [-0.1, -0.05) is 20.8 Å². The van der Waals surface area contributed by atoms with Crippen molar-refractivity contribution in [3.63, 3.8) is 0 Å². The Balaban J connectivity index is 2.55. The highest BCUT2D eigenvalue weighted by Crippen LogP contribution is 2.03. The number of aromatic nitrogens is 3. The molecule has 0 aliphatic heterocycles. The molecule has 0 aromatic carbocycles. The number of nitrogens with one attached hydrogen (secondary N) is 1. The zero-order valence-corrected chi connectivity index (χ0v) is 9.47. The lowest BCUT2D eigenvalue weighted by atomic mass is 10.0. The lowest BCUT2D eigenvalue weighted by Gasteiger charge is -2.21. The number of rotatable bonds is 5. The van der Waals surface area contributed by atoms with Crippen LogP contribution >= 0.6 is 0 Å². The third-order valence-electron chi connectivity index (χ3n) is 2.30. The normalized spacial score (nSPS) is 12.8. The maximum Gasteiger partial charge on any atom is 0.220 e. The van der Waals surface area contributed by atoms with Gasteiger partial charge >= 0.3 is 0 Å². The van der Waals surface area contributed by atoms with E-state index >= 15 is 0 Å². The Bertz CT molecular complexity index is 294. The Morgan fingerprint density at radius 3 is 2.47 bits per heavy atom. The summed E-state index contributed by atoms with van der Waals surface area (Å²) >= 11 is 0. The number of carbonyl (C=O) groups is 1. The number of nitrogens with zero attached hydrogens (tertiary/aromatic N) is 3. The molecule has 0 bridgehead atoms. The van der Waals surface area contributed by atoms with Gasteiger partial charge in [0.25, 0.3) is 0 Å². The second kappa shape index (κ2) is 5.48. The molecule has 5 heteroatoms. The molecule has 0 saturated heterocycles. The highest BCUT2D eigenvalue weighted by molar-refractivity contribution is 5.75. The van der Waals surface area contributed by atoms with Gasteiger partial charge in [0.05, 0.1) is 25.0 Å². The van der Waals surface area contributed by atoms with Crippen molar-refractivity contribution in [1.82, 2.24) is 20.3 Å². The van der Waals surface area contributed by atoms with Crippen molar-refractivity contribution in [3.05, 3.63) is 12.4 Å². The van der Waals surface area contributed by atoms with E-state index in [4.69, 9.17) is 0 Å². The van der Waals surface area contributed by atoms with E-state index in [2.05, 4.69) is 29.4 Å². The molecule has 0 radical (unpaired) electrons. The van der Waals surface area contributed by atoms with Gasteiger partial charge in [0.1, 0.15) is 0 Å². The SMILES string of the molecule is CCC(=O)NC(Cn1nccn1)C(C)C. The van der Waals surface area contributed by atoms with Gasteiger partial charge in [0, 0.05) is 6.42 Å². The first-order valence-corrected chi connectivity index (χ1v) is 5.27. The van der Waals surface area contributed by atoms with Crippen LogP contribution in [0.2, 0.25) is 0 Å². The quantitative estimate of drug-likeness (QED) is 0.783. The average Bonchev–Trinajstić information content (AvgIpc) is 2.69. The van der Waals surface area contributed by atoms with Crippen LogP contribution in [0.25, 0.3) is 0 Å². The third-order valence-corrected chi connectivity index (χ3v) is 2.30. The van der Waals surface area contributed by atoms with Crippen molar-refractivity contribution in [2.24, 2.45) is 5.92 Å². The fourth-order valence-electron chi connectivity index (χ4n) is 1.25. The van der Waals surface area contributed by atoms with Crippen LogP contribution in [0.5, 0.6) is 0 Å². The van der Waals surface area contributed by atoms with Crippen molar-refractivity contribution in [2.75, 3.05) is 0 Å². The molecule has 84 valence electrons. The van der Waals surface area contributed by atoms with Crippen molar-refractivity contribution >= 4 is 5.91 Å². The molecule has 1 aromatic rings. The smallest absolute Gasteiger partial charge is 0.220 e. The highest BCUT2D eigenvalue weighted by Gasteiger charge is 2.16. The molecule has 1 aromatic heterocycles. The molecule has 0 spiro atoms. The predicted molar refractivity (Wildman–Crippen MR) is 57.1 cm³/mol. The Labute approximate surface area is 89.9 Å². The maximum absolute atomic E-state index is 11.3. The van der Waals surface area contributed by atoms with E-state index in [-0.39, 0.29) is 11.9 Å². The number of hydrogen-bond donors (Lipinski definition) is 1. The first-order chi connectivity index (χ1) is 7.13. The molecule has 1 N–H and O–H groups in total. The van der Waals surface area contributed by atoms with Crippen LogP contribution in [0, 0.1) is 5.92 Å². The molecule has 1 amide bonds. The van der Waals surface area contributed by atoms with Crippen molar-refractivity contribution in [1.29, 1.82) is 0 Å². The van der Waals surface area contributed by atoms with Crippen LogP contribution in [0.1, 0.15) is 27.2 Å². The summed E-state index contributed by atoms with van der Waals surface area (Å²) in [5.41, 5.74) is 0. The fourth-order valence-corrected chi connectivity index (χ4v) is 1.25. The number of carbonyl (C=O) groups excluding carboxylic acids is 1. The summed E-state index contributed by atoms with van der Waals surface area (Å²) < 4.78 is 0. The van der Waals surface area contributed by atoms with Gasteiger partial charge in [-0.2, -0.15) is 15.0 Å². The molecule has 0 fully saturated rings. The standard InChI is InChI=1S/C10H18N4O/c1-4-10(15)13-9(8(2)3)7-14-11-5-6-12-14/h5-6,8-9H,4,7H2,1-3H3,(H,13,15). The van der Waals surface area contributed by atoms with Gasteiger partial charge in [-0.05, 0) is 5.92 Å². The summed E-state index contributed by atoms with van der Waals surface area (Å²) in [7, 11) is 0.